The third kappa shape index (κ3) is 4.55. The van der Waals surface area contributed by atoms with Crippen molar-refractivity contribution in [3.63, 3.8) is 0 Å². The Kier molecular flexibility index (Phi) is 5.91. The molecule has 1 amide bonds. The molecule has 0 saturated carbocycles. The molecule has 1 fully saturated rings. The van der Waals surface area contributed by atoms with Crippen LogP contribution >= 0.6 is 0 Å². The number of carbonyl (C=O) groups is 2. The minimum absolute atomic E-state index is 0.0799. The maximum absolute atomic E-state index is 13.2. The summed E-state index contributed by atoms with van der Waals surface area (Å²) in [6, 6.07) is 15.3. The van der Waals surface area contributed by atoms with Crippen molar-refractivity contribution in [3.8, 4) is 0 Å². The molecule has 1 aliphatic heterocycles. The predicted octanol–water partition coefficient (Wildman–Crippen LogP) is 3.78. The van der Waals surface area contributed by atoms with Crippen LogP contribution in [0.15, 0.2) is 48.5 Å². The predicted molar refractivity (Wildman–Crippen MR) is 106 cm³/mol. The van der Waals surface area contributed by atoms with E-state index in [0.29, 0.717) is 25.9 Å². The highest BCUT2D eigenvalue weighted by molar-refractivity contribution is 5.96. The van der Waals surface area contributed by atoms with Gasteiger partial charge in [0, 0.05) is 18.8 Å². The molecule has 0 aromatic heterocycles. The van der Waals surface area contributed by atoms with Gasteiger partial charge in [0.15, 0.2) is 0 Å². The first-order valence-electron chi connectivity index (χ1n) is 9.35. The van der Waals surface area contributed by atoms with Gasteiger partial charge >= 0.3 is 5.97 Å². The number of hydrogen-bond donors (Lipinski definition) is 2. The summed E-state index contributed by atoms with van der Waals surface area (Å²) in [5.74, 6) is -1.14. The number of rotatable bonds is 5. The Labute approximate surface area is 160 Å². The van der Waals surface area contributed by atoms with E-state index in [2.05, 4.69) is 10.2 Å². The molecule has 1 saturated heterocycles. The maximum Gasteiger partial charge on any atom is 0.306 e. The third-order valence-electron chi connectivity index (χ3n) is 5.26. The highest BCUT2D eigenvalue weighted by atomic mass is 16.4. The summed E-state index contributed by atoms with van der Waals surface area (Å²) in [6.45, 7) is 5.17. The first kappa shape index (κ1) is 19.1. The number of hydrogen-bond acceptors (Lipinski definition) is 3. The number of aliphatic carboxylic acids is 1. The van der Waals surface area contributed by atoms with Gasteiger partial charge in [0.2, 0.25) is 5.91 Å². The van der Waals surface area contributed by atoms with Gasteiger partial charge in [-0.15, -0.1) is 0 Å². The van der Waals surface area contributed by atoms with E-state index in [1.54, 1.807) is 0 Å². The normalized spacial score (nSPS) is 16.7. The van der Waals surface area contributed by atoms with Crippen LogP contribution in [0.1, 0.15) is 35.6 Å². The fourth-order valence-corrected chi connectivity index (χ4v) is 3.64. The highest BCUT2D eigenvalue weighted by Gasteiger charge is 2.33. The Morgan fingerprint density at radius 2 is 1.74 bits per heavy atom. The van der Waals surface area contributed by atoms with Crippen LogP contribution in [0.3, 0.4) is 0 Å². The van der Waals surface area contributed by atoms with E-state index in [0.717, 1.165) is 22.4 Å². The molecule has 5 nitrogen and oxygen atoms in total. The van der Waals surface area contributed by atoms with Gasteiger partial charge in [0.05, 0.1) is 5.92 Å². The maximum atomic E-state index is 13.2. The Morgan fingerprint density at radius 1 is 1.07 bits per heavy atom. The van der Waals surface area contributed by atoms with Gasteiger partial charge in [-0.25, -0.2) is 0 Å². The third-order valence-corrected chi connectivity index (χ3v) is 5.26. The molecule has 5 heteroatoms. The van der Waals surface area contributed by atoms with Crippen molar-refractivity contribution in [2.75, 3.05) is 18.4 Å². The average Bonchev–Trinajstić information content (AvgIpc) is 2.66. The molecule has 1 heterocycles. The number of nitrogens with zero attached hydrogens (tertiary/aromatic N) is 1. The summed E-state index contributed by atoms with van der Waals surface area (Å²) in [7, 11) is 0. The second kappa shape index (κ2) is 8.35. The number of carbonyl (C=O) groups excluding carboxylic acids is 1. The van der Waals surface area contributed by atoms with E-state index >= 15 is 0 Å². The van der Waals surface area contributed by atoms with E-state index in [1.165, 1.54) is 0 Å². The molecular weight excluding hydrogens is 340 g/mol. The standard InChI is InChI=1S/C22H26N2O3/c1-15-8-9-16(2)19(14-15)23-21(25)20(17-6-4-3-5-7-17)24-12-10-18(11-13-24)22(26)27/h3-9,14,18,20H,10-13H2,1-2H3,(H,23,25)(H,26,27). The molecule has 142 valence electrons. The highest BCUT2D eigenvalue weighted by Crippen LogP contribution is 2.29. The zero-order valence-corrected chi connectivity index (χ0v) is 15.8. The summed E-state index contributed by atoms with van der Waals surface area (Å²) < 4.78 is 0. The fraction of sp³-hybridized carbons (Fsp3) is 0.364. The first-order valence-corrected chi connectivity index (χ1v) is 9.35. The number of benzene rings is 2. The first-order chi connectivity index (χ1) is 13.0. The van der Waals surface area contributed by atoms with Crippen molar-refractivity contribution < 1.29 is 14.7 Å². The van der Waals surface area contributed by atoms with Crippen LogP contribution in [-0.2, 0) is 9.59 Å². The minimum Gasteiger partial charge on any atom is -0.481 e. The lowest BCUT2D eigenvalue weighted by Crippen LogP contribution is -2.43. The van der Waals surface area contributed by atoms with Gasteiger partial charge in [0.25, 0.3) is 0 Å². The Balaban J connectivity index is 1.83. The smallest absolute Gasteiger partial charge is 0.306 e. The molecule has 3 rings (SSSR count). The molecular formula is C22H26N2O3. The number of anilines is 1. The molecule has 1 atom stereocenters. The molecule has 1 aliphatic rings. The summed E-state index contributed by atoms with van der Waals surface area (Å²) in [5, 5.41) is 12.3. The monoisotopic (exact) mass is 366 g/mol. The van der Waals surface area contributed by atoms with E-state index in [4.69, 9.17) is 0 Å². The number of nitrogens with one attached hydrogen (secondary N) is 1. The van der Waals surface area contributed by atoms with Gasteiger partial charge in [-0.1, -0.05) is 42.5 Å². The van der Waals surface area contributed by atoms with Crippen molar-refractivity contribution in [1.29, 1.82) is 0 Å². The van der Waals surface area contributed by atoms with Crippen LogP contribution in [0.25, 0.3) is 0 Å². The average molecular weight is 366 g/mol. The summed E-state index contributed by atoms with van der Waals surface area (Å²) >= 11 is 0. The van der Waals surface area contributed by atoms with E-state index in [9.17, 15) is 14.7 Å². The molecule has 0 aliphatic carbocycles. The topological polar surface area (TPSA) is 69.6 Å². The fourth-order valence-electron chi connectivity index (χ4n) is 3.64. The van der Waals surface area contributed by atoms with Crippen molar-refractivity contribution in [2.45, 2.75) is 32.7 Å². The van der Waals surface area contributed by atoms with Crippen LogP contribution in [-0.4, -0.2) is 35.0 Å². The lowest BCUT2D eigenvalue weighted by molar-refractivity contribution is -0.143. The molecule has 0 radical (unpaired) electrons. The number of piperidine rings is 1. The Hall–Kier alpha value is -2.66. The number of carboxylic acid groups (broad SMARTS) is 1. The number of amides is 1. The minimum atomic E-state index is -0.745. The number of likely N-dealkylation sites (tertiary alicyclic amines) is 1. The molecule has 1 unspecified atom stereocenters. The molecule has 27 heavy (non-hydrogen) atoms. The van der Waals surface area contributed by atoms with Crippen molar-refractivity contribution in [2.24, 2.45) is 5.92 Å². The van der Waals surface area contributed by atoms with Crippen molar-refractivity contribution >= 4 is 17.6 Å². The number of carboxylic acids is 1. The zero-order valence-electron chi connectivity index (χ0n) is 15.8. The van der Waals surface area contributed by atoms with E-state index in [-0.39, 0.29) is 11.8 Å². The van der Waals surface area contributed by atoms with Crippen LogP contribution < -0.4 is 5.32 Å². The molecule has 2 aromatic rings. The van der Waals surface area contributed by atoms with Crippen molar-refractivity contribution in [3.05, 3.63) is 65.2 Å². The molecule has 0 bridgehead atoms. The summed E-state index contributed by atoms with van der Waals surface area (Å²) in [4.78, 5) is 26.6. The summed E-state index contributed by atoms with van der Waals surface area (Å²) in [6.07, 6.45) is 1.13. The molecule has 2 N–H and O–H groups in total. The summed E-state index contributed by atoms with van der Waals surface area (Å²) in [5.41, 5.74) is 3.86. The van der Waals surface area contributed by atoms with Crippen LogP contribution in [0.2, 0.25) is 0 Å². The lowest BCUT2D eigenvalue weighted by atomic mass is 9.94. The quantitative estimate of drug-likeness (QED) is 0.845. The van der Waals surface area contributed by atoms with Gasteiger partial charge < -0.3 is 10.4 Å². The van der Waals surface area contributed by atoms with Gasteiger partial charge in [-0.2, -0.15) is 0 Å². The second-order valence-electron chi connectivity index (χ2n) is 7.27. The zero-order chi connectivity index (χ0) is 19.4. The number of aryl methyl sites for hydroxylation is 2. The van der Waals surface area contributed by atoms with Crippen LogP contribution in [0, 0.1) is 19.8 Å². The Morgan fingerprint density at radius 3 is 2.37 bits per heavy atom. The van der Waals surface area contributed by atoms with Gasteiger partial charge in [-0.05, 0) is 49.4 Å². The van der Waals surface area contributed by atoms with E-state index in [1.807, 2.05) is 62.4 Å². The second-order valence-corrected chi connectivity index (χ2v) is 7.27. The van der Waals surface area contributed by atoms with E-state index < -0.39 is 12.0 Å². The van der Waals surface area contributed by atoms with Gasteiger partial charge in [0.1, 0.15) is 6.04 Å². The Bertz CT molecular complexity index is 812. The SMILES string of the molecule is Cc1ccc(C)c(NC(=O)C(c2ccccc2)N2CCC(C(=O)O)CC2)c1. The van der Waals surface area contributed by atoms with Crippen molar-refractivity contribution in [1.82, 2.24) is 4.90 Å². The molecule has 2 aromatic carbocycles. The molecule has 0 spiro atoms. The van der Waals surface area contributed by atoms with Gasteiger partial charge in [-0.3, -0.25) is 14.5 Å². The van der Waals surface area contributed by atoms with Crippen LogP contribution in [0.5, 0.6) is 0 Å². The largest absolute Gasteiger partial charge is 0.481 e. The lowest BCUT2D eigenvalue weighted by Gasteiger charge is -2.36. The van der Waals surface area contributed by atoms with Crippen LogP contribution in [0.4, 0.5) is 5.69 Å².